The first kappa shape index (κ1) is 26.9. The van der Waals surface area contributed by atoms with E-state index < -0.39 is 0 Å². The van der Waals surface area contributed by atoms with Crippen molar-refractivity contribution in [3.8, 4) is 5.95 Å². The molecule has 37 heavy (non-hydrogen) atoms. The summed E-state index contributed by atoms with van der Waals surface area (Å²) in [4.78, 5) is 42.8. The van der Waals surface area contributed by atoms with Crippen molar-refractivity contribution in [3.05, 3.63) is 64.8 Å². The summed E-state index contributed by atoms with van der Waals surface area (Å²) in [5.41, 5.74) is 1.09. The lowest BCUT2D eigenvalue weighted by atomic mass is 10.0. The zero-order valence-electron chi connectivity index (χ0n) is 21.0. The third-order valence-corrected chi connectivity index (χ3v) is 6.63. The number of hydrogen-bond donors (Lipinski definition) is 1. The first-order valence-corrected chi connectivity index (χ1v) is 13.1. The first-order chi connectivity index (χ1) is 17.8. The molecule has 1 aliphatic heterocycles. The molecule has 1 fully saturated rings. The Labute approximate surface area is 226 Å². The van der Waals surface area contributed by atoms with Gasteiger partial charge in [0.25, 0.3) is 0 Å². The Morgan fingerprint density at radius 2 is 1.92 bits per heavy atom. The van der Waals surface area contributed by atoms with Crippen LogP contribution in [0.2, 0.25) is 10.2 Å². The van der Waals surface area contributed by atoms with E-state index in [-0.39, 0.29) is 35.3 Å². The van der Waals surface area contributed by atoms with Crippen LogP contribution in [0.3, 0.4) is 0 Å². The molecule has 4 rings (SSSR count). The lowest BCUT2D eigenvalue weighted by Gasteiger charge is -2.42. The lowest BCUT2D eigenvalue weighted by Crippen LogP contribution is -2.56. The van der Waals surface area contributed by atoms with Gasteiger partial charge in [0.15, 0.2) is 0 Å². The molecule has 11 heteroatoms. The Morgan fingerprint density at radius 1 is 1.14 bits per heavy atom. The highest BCUT2D eigenvalue weighted by Crippen LogP contribution is 2.25. The van der Waals surface area contributed by atoms with Gasteiger partial charge in [-0.2, -0.15) is 4.98 Å². The monoisotopic (exact) mass is 543 g/mol. The van der Waals surface area contributed by atoms with Gasteiger partial charge in [-0.1, -0.05) is 49.2 Å². The van der Waals surface area contributed by atoms with Crippen LogP contribution < -0.4 is 10.2 Å². The van der Waals surface area contributed by atoms with Gasteiger partial charge in [-0.3, -0.25) is 14.2 Å². The van der Waals surface area contributed by atoms with Crippen molar-refractivity contribution in [2.24, 2.45) is 5.92 Å². The van der Waals surface area contributed by atoms with Crippen LogP contribution >= 0.6 is 23.2 Å². The Kier molecular flexibility index (Phi) is 9.00. The predicted molar refractivity (Wildman–Crippen MR) is 144 cm³/mol. The lowest BCUT2D eigenvalue weighted by molar-refractivity contribution is -0.133. The van der Waals surface area contributed by atoms with Crippen molar-refractivity contribution >= 4 is 40.8 Å². The van der Waals surface area contributed by atoms with Crippen molar-refractivity contribution in [1.82, 2.24) is 29.7 Å². The molecule has 9 nitrogen and oxygen atoms in total. The van der Waals surface area contributed by atoms with Crippen LogP contribution in [0.25, 0.3) is 5.95 Å². The molecule has 2 aromatic heterocycles. The molecular formula is C26H31Cl2N7O2. The molecule has 1 aromatic carbocycles. The van der Waals surface area contributed by atoms with Gasteiger partial charge in [-0.15, -0.1) is 0 Å². The van der Waals surface area contributed by atoms with Crippen LogP contribution in [-0.4, -0.2) is 68.5 Å². The fourth-order valence-electron chi connectivity index (χ4n) is 4.35. The Hall–Kier alpha value is -3.17. The van der Waals surface area contributed by atoms with E-state index in [1.54, 1.807) is 29.4 Å². The molecule has 0 spiro atoms. The van der Waals surface area contributed by atoms with Crippen LogP contribution in [0.1, 0.15) is 32.3 Å². The summed E-state index contributed by atoms with van der Waals surface area (Å²) in [6, 6.07) is 9.01. The molecule has 1 unspecified atom stereocenters. The van der Waals surface area contributed by atoms with E-state index in [0.29, 0.717) is 55.8 Å². The smallest absolute Gasteiger partial charge is 0.238 e. The topological polar surface area (TPSA) is 96.2 Å². The molecule has 0 bridgehead atoms. The number of piperazine rings is 1. The van der Waals surface area contributed by atoms with Crippen molar-refractivity contribution in [2.45, 2.75) is 39.2 Å². The molecule has 196 valence electrons. The minimum atomic E-state index is -0.262. The number of imidazole rings is 1. The van der Waals surface area contributed by atoms with E-state index in [1.807, 2.05) is 47.9 Å². The van der Waals surface area contributed by atoms with Gasteiger partial charge < -0.3 is 15.1 Å². The molecule has 0 saturated carbocycles. The van der Waals surface area contributed by atoms with Crippen LogP contribution in [0.15, 0.2) is 49.1 Å². The van der Waals surface area contributed by atoms with Gasteiger partial charge in [0.05, 0.1) is 6.04 Å². The molecule has 0 aliphatic carbocycles. The largest absolute Gasteiger partial charge is 0.356 e. The number of nitrogens with zero attached hydrogens (tertiary/aromatic N) is 6. The molecule has 1 saturated heterocycles. The highest BCUT2D eigenvalue weighted by molar-refractivity contribution is 6.30. The molecule has 1 N–H and O–H groups in total. The normalized spacial score (nSPS) is 15.8. The SMILES string of the molecule is CC(C)CC(=O)N1CCN(c2cc(Cl)nc(-n3ccnc3)n2)C(CC(=O)NCCc2ccc(Cl)cc2)C1. The number of amides is 2. The summed E-state index contributed by atoms with van der Waals surface area (Å²) < 4.78 is 1.68. The highest BCUT2D eigenvalue weighted by atomic mass is 35.5. The summed E-state index contributed by atoms with van der Waals surface area (Å²) >= 11 is 12.3. The van der Waals surface area contributed by atoms with Crippen molar-refractivity contribution in [2.75, 3.05) is 31.1 Å². The van der Waals surface area contributed by atoms with Crippen LogP contribution in [-0.2, 0) is 16.0 Å². The number of rotatable bonds is 9. The molecule has 3 heterocycles. The number of hydrogen-bond acceptors (Lipinski definition) is 6. The predicted octanol–water partition coefficient (Wildman–Crippen LogP) is 3.78. The van der Waals surface area contributed by atoms with E-state index in [4.69, 9.17) is 28.2 Å². The van der Waals surface area contributed by atoms with E-state index in [2.05, 4.69) is 15.3 Å². The van der Waals surface area contributed by atoms with E-state index in [1.165, 1.54) is 0 Å². The average molecular weight is 544 g/mol. The van der Waals surface area contributed by atoms with Crippen molar-refractivity contribution < 1.29 is 9.59 Å². The zero-order valence-corrected chi connectivity index (χ0v) is 22.5. The van der Waals surface area contributed by atoms with Crippen LogP contribution in [0.5, 0.6) is 0 Å². The number of carbonyl (C=O) groups is 2. The molecule has 2 amide bonds. The number of halogens is 2. The highest BCUT2D eigenvalue weighted by Gasteiger charge is 2.32. The number of carbonyl (C=O) groups excluding carboxylic acids is 2. The van der Waals surface area contributed by atoms with Crippen LogP contribution in [0, 0.1) is 5.92 Å². The second-order valence-corrected chi connectivity index (χ2v) is 10.4. The molecule has 0 radical (unpaired) electrons. The second kappa shape index (κ2) is 12.4. The van der Waals surface area contributed by atoms with Crippen molar-refractivity contribution in [1.29, 1.82) is 0 Å². The number of aromatic nitrogens is 4. The average Bonchev–Trinajstić information content (AvgIpc) is 3.40. The molecular weight excluding hydrogens is 513 g/mol. The van der Waals surface area contributed by atoms with Gasteiger partial charge >= 0.3 is 0 Å². The summed E-state index contributed by atoms with van der Waals surface area (Å²) in [5.74, 6) is 1.28. The Balaban J connectivity index is 1.48. The van der Waals surface area contributed by atoms with E-state index in [9.17, 15) is 9.59 Å². The van der Waals surface area contributed by atoms with Gasteiger partial charge in [0, 0.05) is 62.5 Å². The Morgan fingerprint density at radius 3 is 2.62 bits per heavy atom. The zero-order chi connectivity index (χ0) is 26.4. The Bertz CT molecular complexity index is 1200. The maximum absolute atomic E-state index is 13.0. The first-order valence-electron chi connectivity index (χ1n) is 12.4. The van der Waals surface area contributed by atoms with Crippen LogP contribution in [0.4, 0.5) is 5.82 Å². The summed E-state index contributed by atoms with van der Waals surface area (Å²) in [7, 11) is 0. The van der Waals surface area contributed by atoms with Crippen molar-refractivity contribution in [3.63, 3.8) is 0 Å². The fraction of sp³-hybridized carbons (Fsp3) is 0.423. The molecule has 1 atom stereocenters. The fourth-order valence-corrected chi connectivity index (χ4v) is 4.65. The maximum Gasteiger partial charge on any atom is 0.238 e. The minimum Gasteiger partial charge on any atom is -0.356 e. The number of anilines is 1. The van der Waals surface area contributed by atoms with E-state index in [0.717, 1.165) is 5.56 Å². The number of benzene rings is 1. The van der Waals surface area contributed by atoms with Gasteiger partial charge in [-0.05, 0) is 30.0 Å². The summed E-state index contributed by atoms with van der Waals surface area (Å²) in [6.07, 6.45) is 6.37. The summed E-state index contributed by atoms with van der Waals surface area (Å²) in [5, 5.41) is 3.99. The second-order valence-electron chi connectivity index (χ2n) is 9.53. The number of nitrogens with one attached hydrogen (secondary N) is 1. The maximum atomic E-state index is 13.0. The summed E-state index contributed by atoms with van der Waals surface area (Å²) in [6.45, 7) is 6.07. The van der Waals surface area contributed by atoms with E-state index >= 15 is 0 Å². The molecule has 3 aromatic rings. The van der Waals surface area contributed by atoms with Gasteiger partial charge in [-0.25, -0.2) is 9.97 Å². The van der Waals surface area contributed by atoms with Gasteiger partial charge in [0.1, 0.15) is 17.3 Å². The quantitative estimate of drug-likeness (QED) is 0.412. The van der Waals surface area contributed by atoms with Gasteiger partial charge in [0.2, 0.25) is 17.8 Å². The third kappa shape index (κ3) is 7.42. The standard InChI is InChI=1S/C26H31Cl2N7O2/c1-18(2)13-25(37)33-11-12-35(23-15-22(28)31-26(32-23)34-10-9-29-17-34)21(16-33)14-24(36)30-8-7-19-3-5-20(27)6-4-19/h3-6,9-10,15,17-18,21H,7-8,11-14,16H2,1-2H3,(H,30,36). The third-order valence-electron chi connectivity index (χ3n) is 6.19. The molecule has 1 aliphatic rings. The minimum absolute atomic E-state index is 0.0860.